The molecule has 0 bridgehead atoms. The Hall–Kier alpha value is -1.82. The molecular weight excluding hydrogens is 371 g/mol. The molecule has 1 aliphatic heterocycles. The van der Waals surface area contributed by atoms with Gasteiger partial charge < -0.3 is 10.6 Å². The van der Waals surface area contributed by atoms with Gasteiger partial charge in [0, 0.05) is 18.0 Å². The van der Waals surface area contributed by atoms with Gasteiger partial charge in [-0.3, -0.25) is 4.79 Å². The summed E-state index contributed by atoms with van der Waals surface area (Å²) in [5.41, 5.74) is 2.19. The van der Waals surface area contributed by atoms with Gasteiger partial charge in [0.1, 0.15) is 11.1 Å². The molecule has 0 saturated heterocycles. The van der Waals surface area contributed by atoms with Gasteiger partial charge in [-0.1, -0.05) is 42.0 Å². The zero-order chi connectivity index (χ0) is 17.5. The first-order valence-electron chi connectivity index (χ1n) is 8.36. The molecule has 138 valence electrons. The minimum atomic E-state index is -0.367. The molecule has 0 spiro atoms. The van der Waals surface area contributed by atoms with Crippen LogP contribution in [0.15, 0.2) is 71.1 Å². The molecule has 2 aromatic rings. The van der Waals surface area contributed by atoms with E-state index in [1.54, 1.807) is 12.1 Å². The lowest BCUT2D eigenvalue weighted by Gasteiger charge is -2.19. The van der Waals surface area contributed by atoms with Crippen molar-refractivity contribution in [2.45, 2.75) is 16.6 Å². The molecule has 1 aliphatic rings. The third-order valence-electron chi connectivity index (χ3n) is 4.06. The maximum absolute atomic E-state index is 13.1. The number of hydrogen-bond donors (Lipinski definition) is 2. The van der Waals surface area contributed by atoms with Gasteiger partial charge in [0.05, 0.1) is 0 Å². The number of hydrogen-bond acceptors (Lipinski definition) is 3. The number of benzene rings is 2. The van der Waals surface area contributed by atoms with Crippen LogP contribution in [0, 0.1) is 5.82 Å². The van der Waals surface area contributed by atoms with Crippen LogP contribution >= 0.6 is 24.2 Å². The zero-order valence-corrected chi connectivity index (χ0v) is 15.9. The van der Waals surface area contributed by atoms with Gasteiger partial charge in [-0.15, -0.1) is 24.2 Å². The lowest BCUT2D eigenvalue weighted by atomic mass is 10.1. The Balaban J connectivity index is 0.00000243. The first-order valence-corrected chi connectivity index (χ1v) is 9.24. The lowest BCUT2D eigenvalue weighted by molar-refractivity contribution is -0.120. The summed E-state index contributed by atoms with van der Waals surface area (Å²) in [7, 11) is 0. The molecule has 3 rings (SSSR count). The van der Waals surface area contributed by atoms with Crippen LogP contribution in [0.4, 0.5) is 4.39 Å². The third kappa shape index (κ3) is 5.87. The molecule has 1 heterocycles. The van der Waals surface area contributed by atoms with E-state index >= 15 is 0 Å². The van der Waals surface area contributed by atoms with E-state index in [2.05, 4.69) is 16.7 Å². The molecule has 6 heteroatoms. The number of nitrogens with one attached hydrogen (secondary N) is 2. The second-order valence-electron chi connectivity index (χ2n) is 5.90. The molecule has 0 saturated carbocycles. The largest absolute Gasteiger partial charge is 0.351 e. The van der Waals surface area contributed by atoms with Gasteiger partial charge in [0.25, 0.3) is 0 Å². The van der Waals surface area contributed by atoms with Crippen LogP contribution in [0.1, 0.15) is 17.2 Å². The van der Waals surface area contributed by atoms with Crippen LogP contribution in [0.3, 0.4) is 0 Å². The summed E-state index contributed by atoms with van der Waals surface area (Å²) >= 11 is 1.43. The number of carbonyl (C=O) groups is 1. The van der Waals surface area contributed by atoms with E-state index in [1.165, 1.54) is 29.5 Å². The second-order valence-corrected chi connectivity index (χ2v) is 7.08. The van der Waals surface area contributed by atoms with Gasteiger partial charge in [-0.05, 0) is 42.8 Å². The Morgan fingerprint density at radius 3 is 2.54 bits per heavy atom. The van der Waals surface area contributed by atoms with E-state index in [4.69, 9.17) is 0 Å². The second kappa shape index (κ2) is 10.4. The Bertz CT molecular complexity index is 737. The predicted octanol–water partition coefficient (Wildman–Crippen LogP) is 4.12. The van der Waals surface area contributed by atoms with Crippen molar-refractivity contribution in [3.05, 3.63) is 77.6 Å². The van der Waals surface area contributed by atoms with Crippen LogP contribution in [0.5, 0.6) is 0 Å². The lowest BCUT2D eigenvalue weighted by Crippen LogP contribution is -2.32. The molecule has 1 unspecified atom stereocenters. The van der Waals surface area contributed by atoms with Crippen molar-refractivity contribution in [3.63, 3.8) is 0 Å². The highest BCUT2D eigenvalue weighted by molar-refractivity contribution is 8.00. The topological polar surface area (TPSA) is 41.1 Å². The minimum Gasteiger partial charge on any atom is -0.351 e. The zero-order valence-electron chi connectivity index (χ0n) is 14.3. The molecule has 2 aromatic carbocycles. The number of carbonyl (C=O) groups excluding carboxylic acids is 1. The van der Waals surface area contributed by atoms with Crippen molar-refractivity contribution in [2.24, 2.45) is 0 Å². The van der Waals surface area contributed by atoms with Crippen molar-refractivity contribution in [3.8, 4) is 0 Å². The minimum absolute atomic E-state index is 0. The molecule has 0 aromatic heterocycles. The van der Waals surface area contributed by atoms with Crippen LogP contribution < -0.4 is 10.6 Å². The Labute approximate surface area is 163 Å². The van der Waals surface area contributed by atoms with Crippen molar-refractivity contribution in [1.82, 2.24) is 10.6 Å². The summed E-state index contributed by atoms with van der Waals surface area (Å²) in [5.74, 6) is -0.303. The molecule has 26 heavy (non-hydrogen) atoms. The van der Waals surface area contributed by atoms with Gasteiger partial charge in [-0.25, -0.2) is 4.39 Å². The Kier molecular flexibility index (Phi) is 8.16. The molecular formula is C20H22ClFN2OS. The quantitative estimate of drug-likeness (QED) is 0.574. The SMILES string of the molecule is Cl.O=C(NCC1=CCNCC1)C(Sc1ccc(F)cc1)c1ccccc1. The van der Waals surface area contributed by atoms with Gasteiger partial charge in [-0.2, -0.15) is 0 Å². The Morgan fingerprint density at radius 1 is 1.15 bits per heavy atom. The van der Waals surface area contributed by atoms with Gasteiger partial charge in [0.2, 0.25) is 5.91 Å². The van der Waals surface area contributed by atoms with Crippen LogP contribution in [0.2, 0.25) is 0 Å². The van der Waals surface area contributed by atoms with E-state index < -0.39 is 0 Å². The van der Waals surface area contributed by atoms with E-state index in [-0.39, 0.29) is 29.4 Å². The van der Waals surface area contributed by atoms with Gasteiger partial charge >= 0.3 is 0 Å². The number of halogens is 2. The fourth-order valence-corrected chi connectivity index (χ4v) is 3.72. The molecule has 3 nitrogen and oxygen atoms in total. The average molecular weight is 393 g/mol. The van der Waals surface area contributed by atoms with Crippen LogP contribution in [0.25, 0.3) is 0 Å². The van der Waals surface area contributed by atoms with Crippen molar-refractivity contribution in [2.75, 3.05) is 19.6 Å². The molecule has 0 aliphatic carbocycles. The summed E-state index contributed by atoms with van der Waals surface area (Å²) in [6, 6.07) is 15.9. The molecule has 2 N–H and O–H groups in total. The van der Waals surface area contributed by atoms with Crippen molar-refractivity contribution < 1.29 is 9.18 Å². The standard InChI is InChI=1S/C20H21FN2OS.ClH/c21-17-6-8-18(9-7-17)25-19(16-4-2-1-3-5-16)20(24)23-14-15-10-12-22-13-11-15;/h1-10,19,22H,11-14H2,(H,23,24);1H. The first kappa shape index (κ1) is 20.5. The maximum atomic E-state index is 13.1. The van der Waals surface area contributed by atoms with E-state index in [0.717, 1.165) is 30.0 Å². The highest BCUT2D eigenvalue weighted by atomic mass is 35.5. The Morgan fingerprint density at radius 2 is 1.88 bits per heavy atom. The number of amides is 1. The first-order chi connectivity index (χ1) is 12.2. The average Bonchev–Trinajstić information content (AvgIpc) is 2.67. The fraction of sp³-hybridized carbons (Fsp3) is 0.250. The highest BCUT2D eigenvalue weighted by Gasteiger charge is 2.22. The summed E-state index contributed by atoms with van der Waals surface area (Å²) < 4.78 is 13.1. The summed E-state index contributed by atoms with van der Waals surface area (Å²) in [6.07, 6.45) is 3.09. The monoisotopic (exact) mass is 392 g/mol. The van der Waals surface area contributed by atoms with E-state index in [0.29, 0.717) is 6.54 Å². The predicted molar refractivity (Wildman–Crippen MR) is 107 cm³/mol. The summed E-state index contributed by atoms with van der Waals surface area (Å²) in [5, 5.41) is 5.95. The van der Waals surface area contributed by atoms with Crippen LogP contribution in [-0.4, -0.2) is 25.5 Å². The van der Waals surface area contributed by atoms with Crippen molar-refractivity contribution in [1.29, 1.82) is 0 Å². The van der Waals surface area contributed by atoms with Crippen molar-refractivity contribution >= 4 is 30.1 Å². The van der Waals surface area contributed by atoms with E-state index in [1.807, 2.05) is 30.3 Å². The highest BCUT2D eigenvalue weighted by Crippen LogP contribution is 2.35. The van der Waals surface area contributed by atoms with Crippen LogP contribution in [-0.2, 0) is 4.79 Å². The smallest absolute Gasteiger partial charge is 0.238 e. The number of rotatable bonds is 6. The summed E-state index contributed by atoms with van der Waals surface area (Å²) in [4.78, 5) is 13.7. The fourth-order valence-electron chi connectivity index (χ4n) is 2.67. The number of thioether (sulfide) groups is 1. The molecule has 1 amide bonds. The normalized spacial score (nSPS) is 14.7. The molecule has 0 fully saturated rings. The molecule has 1 atom stereocenters. The summed E-state index contributed by atoms with van der Waals surface area (Å²) in [6.45, 7) is 2.39. The van der Waals surface area contributed by atoms with Gasteiger partial charge in [0.15, 0.2) is 0 Å². The maximum Gasteiger partial charge on any atom is 0.238 e. The van der Waals surface area contributed by atoms with E-state index in [9.17, 15) is 9.18 Å². The molecule has 0 radical (unpaired) electrons. The third-order valence-corrected chi connectivity index (χ3v) is 5.32.